The van der Waals surface area contributed by atoms with Gasteiger partial charge in [0.1, 0.15) is 11.9 Å². The van der Waals surface area contributed by atoms with Crippen molar-refractivity contribution in [2.24, 2.45) is 0 Å². The van der Waals surface area contributed by atoms with Gasteiger partial charge < -0.3 is 5.11 Å². The van der Waals surface area contributed by atoms with Crippen molar-refractivity contribution in [3.05, 3.63) is 29.7 Å². The largest absolute Gasteiger partial charge is 0.396 e. The highest BCUT2D eigenvalue weighted by atomic mass is 16.2. The number of nitrogens with zero attached hydrogens (tertiary/aromatic N) is 4. The second kappa shape index (κ2) is 4.73. The Morgan fingerprint density at radius 3 is 2.94 bits per heavy atom. The normalized spacial score (nSPS) is 10.5. The van der Waals surface area contributed by atoms with Crippen LogP contribution in [0.4, 0.5) is 0 Å². The standard InChI is InChI=1S/C11H12N4O/c12-7-9-4-5-11-14-13-10(15(11)8-9)3-1-2-6-16/h4-5,8,16H,1-3,6H2. The highest BCUT2D eigenvalue weighted by Gasteiger charge is 2.05. The molecule has 2 heterocycles. The summed E-state index contributed by atoms with van der Waals surface area (Å²) in [6.45, 7) is 0.195. The van der Waals surface area contributed by atoms with Crippen LogP contribution in [0.15, 0.2) is 18.3 Å². The molecule has 2 rings (SSSR count). The fourth-order valence-electron chi connectivity index (χ4n) is 1.57. The Bertz CT molecular complexity index is 526. The van der Waals surface area contributed by atoms with Gasteiger partial charge in [-0.15, -0.1) is 10.2 Å². The molecule has 0 fully saturated rings. The lowest BCUT2D eigenvalue weighted by molar-refractivity contribution is 0.284. The van der Waals surface area contributed by atoms with E-state index in [1.165, 1.54) is 0 Å². The molecule has 0 spiro atoms. The van der Waals surface area contributed by atoms with E-state index in [-0.39, 0.29) is 6.61 Å². The molecule has 2 aromatic rings. The molecule has 16 heavy (non-hydrogen) atoms. The molecule has 5 heteroatoms. The summed E-state index contributed by atoms with van der Waals surface area (Å²) in [5, 5.41) is 25.6. The molecular weight excluding hydrogens is 204 g/mol. The third kappa shape index (κ3) is 2.02. The van der Waals surface area contributed by atoms with Crippen molar-refractivity contribution in [3.63, 3.8) is 0 Å². The Morgan fingerprint density at radius 1 is 1.31 bits per heavy atom. The zero-order chi connectivity index (χ0) is 11.4. The first-order chi connectivity index (χ1) is 7.85. The van der Waals surface area contributed by atoms with E-state index in [2.05, 4.69) is 16.3 Å². The minimum absolute atomic E-state index is 0.195. The molecule has 0 amide bonds. The van der Waals surface area contributed by atoms with Gasteiger partial charge in [0.25, 0.3) is 0 Å². The molecule has 1 N–H and O–H groups in total. The summed E-state index contributed by atoms with van der Waals surface area (Å²) in [4.78, 5) is 0. The van der Waals surface area contributed by atoms with Crippen molar-refractivity contribution in [1.29, 1.82) is 5.26 Å². The fraction of sp³-hybridized carbons (Fsp3) is 0.364. The van der Waals surface area contributed by atoms with Gasteiger partial charge in [0.05, 0.1) is 5.56 Å². The molecule has 0 saturated carbocycles. The predicted molar refractivity (Wildman–Crippen MR) is 57.7 cm³/mol. The van der Waals surface area contributed by atoms with Crippen LogP contribution in [-0.2, 0) is 6.42 Å². The highest BCUT2D eigenvalue weighted by molar-refractivity contribution is 5.42. The van der Waals surface area contributed by atoms with E-state index in [9.17, 15) is 0 Å². The zero-order valence-electron chi connectivity index (χ0n) is 8.80. The predicted octanol–water partition coefficient (Wildman–Crippen LogP) is 0.916. The first-order valence-electron chi connectivity index (χ1n) is 5.20. The van der Waals surface area contributed by atoms with Crippen molar-refractivity contribution in [2.45, 2.75) is 19.3 Å². The quantitative estimate of drug-likeness (QED) is 0.771. The maximum absolute atomic E-state index is 8.80. The van der Waals surface area contributed by atoms with Crippen LogP contribution in [0.3, 0.4) is 0 Å². The molecule has 5 nitrogen and oxygen atoms in total. The van der Waals surface area contributed by atoms with Crippen molar-refractivity contribution < 1.29 is 5.11 Å². The molecule has 0 aliphatic heterocycles. The van der Waals surface area contributed by atoms with Gasteiger partial charge in [-0.3, -0.25) is 4.40 Å². The van der Waals surface area contributed by atoms with E-state index in [1.807, 2.05) is 4.40 Å². The van der Waals surface area contributed by atoms with Gasteiger partial charge in [0, 0.05) is 19.2 Å². The number of nitriles is 1. The number of aryl methyl sites for hydroxylation is 1. The number of aromatic nitrogens is 3. The average molecular weight is 216 g/mol. The number of fused-ring (bicyclic) bond motifs is 1. The molecule has 0 atom stereocenters. The van der Waals surface area contributed by atoms with Crippen molar-refractivity contribution >= 4 is 5.65 Å². The van der Waals surface area contributed by atoms with Gasteiger partial charge in [-0.05, 0) is 25.0 Å². The number of aliphatic hydroxyl groups excluding tert-OH is 1. The van der Waals surface area contributed by atoms with E-state index in [0.717, 1.165) is 30.7 Å². The molecule has 0 aromatic carbocycles. The average Bonchev–Trinajstić information content (AvgIpc) is 2.72. The number of pyridine rings is 1. The lowest BCUT2D eigenvalue weighted by Gasteiger charge is -1.99. The maximum atomic E-state index is 8.80. The SMILES string of the molecule is N#Cc1ccc2nnc(CCCCO)n2c1. The molecule has 0 radical (unpaired) electrons. The number of rotatable bonds is 4. The van der Waals surface area contributed by atoms with Gasteiger partial charge in [-0.2, -0.15) is 5.26 Å². The van der Waals surface area contributed by atoms with Crippen LogP contribution in [0.25, 0.3) is 5.65 Å². The Morgan fingerprint density at radius 2 is 2.19 bits per heavy atom. The minimum atomic E-state index is 0.195. The topological polar surface area (TPSA) is 74.2 Å². The van der Waals surface area contributed by atoms with Crippen LogP contribution < -0.4 is 0 Å². The summed E-state index contributed by atoms with van der Waals surface area (Å²) in [6.07, 6.45) is 4.13. The molecule has 0 saturated heterocycles. The van der Waals surface area contributed by atoms with Gasteiger partial charge in [0.15, 0.2) is 5.65 Å². The highest BCUT2D eigenvalue weighted by Crippen LogP contribution is 2.08. The van der Waals surface area contributed by atoms with E-state index < -0.39 is 0 Å². The van der Waals surface area contributed by atoms with Crippen LogP contribution in [0.5, 0.6) is 0 Å². The van der Waals surface area contributed by atoms with Crippen molar-refractivity contribution in [3.8, 4) is 6.07 Å². The van der Waals surface area contributed by atoms with Crippen LogP contribution >= 0.6 is 0 Å². The minimum Gasteiger partial charge on any atom is -0.396 e. The summed E-state index contributed by atoms with van der Waals surface area (Å²) >= 11 is 0. The molecule has 82 valence electrons. The molecule has 0 aliphatic rings. The third-order valence-corrected chi connectivity index (χ3v) is 2.41. The van der Waals surface area contributed by atoms with Crippen LogP contribution in [0.2, 0.25) is 0 Å². The van der Waals surface area contributed by atoms with Crippen LogP contribution in [0.1, 0.15) is 24.2 Å². The first-order valence-corrected chi connectivity index (χ1v) is 5.20. The Balaban J connectivity index is 2.28. The van der Waals surface area contributed by atoms with Gasteiger partial charge in [-0.25, -0.2) is 0 Å². The Hall–Kier alpha value is -1.93. The summed E-state index contributed by atoms with van der Waals surface area (Å²) in [7, 11) is 0. The molecular formula is C11H12N4O. The van der Waals surface area contributed by atoms with E-state index >= 15 is 0 Å². The smallest absolute Gasteiger partial charge is 0.160 e. The van der Waals surface area contributed by atoms with Gasteiger partial charge >= 0.3 is 0 Å². The lowest BCUT2D eigenvalue weighted by Crippen LogP contribution is -1.96. The Labute approximate surface area is 93.0 Å². The van der Waals surface area contributed by atoms with Crippen molar-refractivity contribution in [2.75, 3.05) is 6.61 Å². The summed E-state index contributed by atoms with van der Waals surface area (Å²) in [5.41, 5.74) is 1.34. The van der Waals surface area contributed by atoms with E-state index in [1.54, 1.807) is 18.3 Å². The monoisotopic (exact) mass is 216 g/mol. The number of hydrogen-bond donors (Lipinski definition) is 1. The second-order valence-electron chi connectivity index (χ2n) is 3.55. The van der Waals surface area contributed by atoms with Gasteiger partial charge in [-0.1, -0.05) is 0 Å². The lowest BCUT2D eigenvalue weighted by atomic mass is 10.2. The molecule has 0 aliphatic carbocycles. The van der Waals surface area contributed by atoms with Gasteiger partial charge in [0.2, 0.25) is 0 Å². The third-order valence-electron chi connectivity index (χ3n) is 2.41. The number of hydrogen-bond acceptors (Lipinski definition) is 4. The first kappa shape index (κ1) is 10.6. The second-order valence-corrected chi connectivity index (χ2v) is 3.55. The number of unbranched alkanes of at least 4 members (excludes halogenated alkanes) is 1. The summed E-state index contributed by atoms with van der Waals surface area (Å²) in [5.74, 6) is 0.834. The zero-order valence-corrected chi connectivity index (χ0v) is 8.80. The van der Waals surface area contributed by atoms with Crippen LogP contribution in [0, 0.1) is 11.3 Å². The van der Waals surface area contributed by atoms with Crippen LogP contribution in [-0.4, -0.2) is 26.3 Å². The summed E-state index contributed by atoms with van der Waals surface area (Å²) in [6, 6.07) is 5.59. The molecule has 0 unspecified atom stereocenters. The Kier molecular flexibility index (Phi) is 3.13. The van der Waals surface area contributed by atoms with E-state index in [0.29, 0.717) is 5.56 Å². The maximum Gasteiger partial charge on any atom is 0.160 e. The number of aliphatic hydroxyl groups is 1. The fourth-order valence-corrected chi connectivity index (χ4v) is 1.57. The van der Waals surface area contributed by atoms with E-state index in [4.69, 9.17) is 10.4 Å². The van der Waals surface area contributed by atoms with Crippen molar-refractivity contribution in [1.82, 2.24) is 14.6 Å². The summed E-state index contributed by atoms with van der Waals surface area (Å²) < 4.78 is 1.83. The molecule has 2 aromatic heterocycles. The molecule has 0 bridgehead atoms.